The van der Waals surface area contributed by atoms with E-state index < -0.39 is 5.97 Å². The quantitative estimate of drug-likeness (QED) is 0.548. The van der Waals surface area contributed by atoms with E-state index in [2.05, 4.69) is 39.9 Å². The Balaban J connectivity index is 1.49. The van der Waals surface area contributed by atoms with E-state index in [9.17, 15) is 4.79 Å². The van der Waals surface area contributed by atoms with Crippen LogP contribution in [-0.2, 0) is 20.8 Å². The Morgan fingerprint density at radius 3 is 2.66 bits per heavy atom. The lowest BCUT2D eigenvalue weighted by molar-refractivity contribution is -0.138. The molecule has 1 aromatic heterocycles. The van der Waals surface area contributed by atoms with Crippen molar-refractivity contribution in [1.29, 1.82) is 0 Å². The topological polar surface area (TPSA) is 63.9 Å². The zero-order valence-electron chi connectivity index (χ0n) is 17.5. The number of carboxylic acids is 1. The van der Waals surface area contributed by atoms with E-state index in [0.29, 0.717) is 19.1 Å². The Labute approximate surface area is 173 Å². The van der Waals surface area contributed by atoms with E-state index in [-0.39, 0.29) is 6.42 Å². The van der Waals surface area contributed by atoms with Crippen LogP contribution in [0.2, 0.25) is 0 Å². The third kappa shape index (κ3) is 6.29. The summed E-state index contributed by atoms with van der Waals surface area (Å²) in [5.41, 5.74) is 2.79. The summed E-state index contributed by atoms with van der Waals surface area (Å²) in [6.07, 6.45) is 5.75. The minimum atomic E-state index is -0.800. The van der Waals surface area contributed by atoms with Gasteiger partial charge < -0.3 is 24.0 Å². The van der Waals surface area contributed by atoms with Crippen LogP contribution in [0.3, 0.4) is 0 Å². The molecule has 1 aliphatic rings. The summed E-state index contributed by atoms with van der Waals surface area (Å²) in [4.78, 5) is 13.0. The number of benzene rings is 1. The first-order valence-electron chi connectivity index (χ1n) is 10.9. The van der Waals surface area contributed by atoms with E-state index in [4.69, 9.17) is 14.6 Å². The highest BCUT2D eigenvalue weighted by Gasteiger charge is 2.23. The van der Waals surface area contributed by atoms with Gasteiger partial charge in [0.15, 0.2) is 0 Å². The summed E-state index contributed by atoms with van der Waals surface area (Å²) >= 11 is 0. The fraction of sp³-hybridized carbons (Fsp3) is 0.609. The molecule has 6 heteroatoms. The van der Waals surface area contributed by atoms with Crippen LogP contribution in [0.4, 0.5) is 0 Å². The predicted molar refractivity (Wildman–Crippen MR) is 115 cm³/mol. The van der Waals surface area contributed by atoms with Crippen molar-refractivity contribution >= 4 is 16.9 Å². The maximum Gasteiger partial charge on any atom is 0.305 e. The van der Waals surface area contributed by atoms with Gasteiger partial charge in [-0.1, -0.05) is 18.2 Å². The van der Waals surface area contributed by atoms with Crippen LogP contribution in [-0.4, -0.2) is 66.6 Å². The minimum Gasteiger partial charge on any atom is -0.481 e. The Morgan fingerprint density at radius 1 is 1.10 bits per heavy atom. The first kappa shape index (κ1) is 21.8. The first-order chi connectivity index (χ1) is 14.2. The lowest BCUT2D eigenvalue weighted by Gasteiger charge is -2.32. The lowest BCUT2D eigenvalue weighted by Crippen LogP contribution is -2.34. The average Bonchev–Trinajstić information content (AvgIpc) is 3.10. The molecule has 0 amide bonds. The van der Waals surface area contributed by atoms with Gasteiger partial charge in [0.25, 0.3) is 0 Å². The molecule has 0 atom stereocenters. The maximum absolute atomic E-state index is 10.5. The molecule has 1 N–H and O–H groups in total. The van der Waals surface area contributed by atoms with Gasteiger partial charge in [-0.25, -0.2) is 0 Å². The van der Waals surface area contributed by atoms with Crippen molar-refractivity contribution in [1.82, 2.24) is 9.47 Å². The Morgan fingerprint density at radius 2 is 1.90 bits per heavy atom. The number of rotatable bonds is 12. The first-order valence-corrected chi connectivity index (χ1v) is 10.9. The van der Waals surface area contributed by atoms with Crippen LogP contribution >= 0.6 is 0 Å². The fourth-order valence-corrected chi connectivity index (χ4v) is 4.21. The van der Waals surface area contributed by atoms with Crippen LogP contribution in [0.25, 0.3) is 10.9 Å². The Kier molecular flexibility index (Phi) is 8.52. The number of carboxylic acid groups (broad SMARTS) is 1. The van der Waals surface area contributed by atoms with Crippen molar-refractivity contribution < 1.29 is 19.4 Å². The number of likely N-dealkylation sites (tertiary alicyclic amines) is 1. The molecule has 1 fully saturated rings. The van der Waals surface area contributed by atoms with Crippen LogP contribution in [0.5, 0.6) is 0 Å². The van der Waals surface area contributed by atoms with Gasteiger partial charge in [-0.3, -0.25) is 4.79 Å². The largest absolute Gasteiger partial charge is 0.481 e. The SMILES string of the molecule is CCOCCn1cc(C2CCN(CCCOCCC(=O)O)CC2)c2ccccc21. The number of carbonyl (C=O) groups is 1. The standard InChI is InChI=1S/C23H34N2O4/c1-2-28-17-14-25-18-21(20-6-3-4-7-22(20)25)19-8-12-24(13-9-19)11-5-15-29-16-10-23(26)27/h3-4,6-7,18-19H,2,5,8-17H2,1H3,(H,26,27). The molecule has 0 aliphatic carbocycles. The van der Waals surface area contributed by atoms with Crippen molar-refractivity contribution in [3.63, 3.8) is 0 Å². The zero-order chi connectivity index (χ0) is 20.5. The fourth-order valence-electron chi connectivity index (χ4n) is 4.21. The van der Waals surface area contributed by atoms with Gasteiger partial charge >= 0.3 is 5.97 Å². The van der Waals surface area contributed by atoms with Crippen LogP contribution in [0, 0.1) is 0 Å². The molecular formula is C23H34N2O4. The zero-order valence-corrected chi connectivity index (χ0v) is 17.5. The van der Waals surface area contributed by atoms with Gasteiger partial charge in [-0.05, 0) is 56.8 Å². The van der Waals surface area contributed by atoms with E-state index in [0.717, 1.165) is 45.8 Å². The number of aromatic nitrogens is 1. The number of hydrogen-bond acceptors (Lipinski definition) is 4. The number of fused-ring (bicyclic) bond motifs is 1. The lowest BCUT2D eigenvalue weighted by atomic mass is 9.89. The predicted octanol–water partition coefficient (Wildman–Crippen LogP) is 3.74. The van der Waals surface area contributed by atoms with Crippen molar-refractivity contribution in [3.8, 4) is 0 Å². The molecule has 29 heavy (non-hydrogen) atoms. The van der Waals surface area contributed by atoms with Gasteiger partial charge in [0, 0.05) is 43.4 Å². The van der Waals surface area contributed by atoms with Gasteiger partial charge in [0.05, 0.1) is 19.6 Å². The second-order valence-electron chi connectivity index (χ2n) is 7.72. The normalized spacial score (nSPS) is 15.9. The molecule has 1 aliphatic heterocycles. The maximum atomic E-state index is 10.5. The number of para-hydroxylation sites is 1. The number of hydrogen-bond donors (Lipinski definition) is 1. The second kappa shape index (κ2) is 11.3. The van der Waals surface area contributed by atoms with E-state index in [1.54, 1.807) is 0 Å². The monoisotopic (exact) mass is 402 g/mol. The molecular weight excluding hydrogens is 368 g/mol. The highest BCUT2D eigenvalue weighted by Crippen LogP contribution is 2.34. The van der Waals surface area contributed by atoms with Crippen molar-refractivity contribution in [2.45, 2.75) is 45.1 Å². The average molecular weight is 403 g/mol. The Hall–Kier alpha value is -1.89. The molecule has 0 radical (unpaired) electrons. The van der Waals surface area contributed by atoms with Gasteiger partial charge in [0.1, 0.15) is 0 Å². The Bertz CT molecular complexity index is 765. The number of nitrogens with zero attached hydrogens (tertiary/aromatic N) is 2. The van der Waals surface area contributed by atoms with Gasteiger partial charge in [-0.15, -0.1) is 0 Å². The minimum absolute atomic E-state index is 0.0869. The third-order valence-corrected chi connectivity index (χ3v) is 5.75. The van der Waals surface area contributed by atoms with Gasteiger partial charge in [-0.2, -0.15) is 0 Å². The summed E-state index contributed by atoms with van der Waals surface area (Å²) in [6, 6.07) is 8.72. The van der Waals surface area contributed by atoms with Crippen LogP contribution in [0.15, 0.2) is 30.5 Å². The molecule has 6 nitrogen and oxygen atoms in total. The van der Waals surface area contributed by atoms with E-state index in [1.165, 1.54) is 29.3 Å². The number of aliphatic carboxylic acids is 1. The van der Waals surface area contributed by atoms with Crippen LogP contribution in [0.1, 0.15) is 44.1 Å². The molecule has 1 aromatic carbocycles. The summed E-state index contributed by atoms with van der Waals surface area (Å²) in [5, 5.41) is 10.0. The summed E-state index contributed by atoms with van der Waals surface area (Å²) in [7, 11) is 0. The molecule has 0 bridgehead atoms. The molecule has 2 aromatic rings. The smallest absolute Gasteiger partial charge is 0.305 e. The van der Waals surface area contributed by atoms with Crippen molar-refractivity contribution in [3.05, 3.63) is 36.0 Å². The van der Waals surface area contributed by atoms with E-state index in [1.807, 2.05) is 6.92 Å². The summed E-state index contributed by atoms with van der Waals surface area (Å²) in [6.45, 7) is 8.64. The number of ether oxygens (including phenoxy) is 2. The third-order valence-electron chi connectivity index (χ3n) is 5.75. The molecule has 0 saturated carbocycles. The molecule has 160 valence electrons. The molecule has 1 saturated heterocycles. The second-order valence-corrected chi connectivity index (χ2v) is 7.72. The molecule has 0 spiro atoms. The summed E-state index contributed by atoms with van der Waals surface area (Å²) in [5.74, 6) is -0.192. The highest BCUT2D eigenvalue weighted by molar-refractivity contribution is 5.84. The van der Waals surface area contributed by atoms with Crippen molar-refractivity contribution in [2.75, 3.05) is 46.1 Å². The van der Waals surface area contributed by atoms with Gasteiger partial charge in [0.2, 0.25) is 0 Å². The number of piperidine rings is 1. The summed E-state index contributed by atoms with van der Waals surface area (Å²) < 4.78 is 13.3. The van der Waals surface area contributed by atoms with Crippen LogP contribution < -0.4 is 0 Å². The van der Waals surface area contributed by atoms with E-state index >= 15 is 0 Å². The van der Waals surface area contributed by atoms with Crippen molar-refractivity contribution in [2.24, 2.45) is 0 Å². The molecule has 3 rings (SSSR count). The molecule has 2 heterocycles. The molecule has 0 unspecified atom stereocenters. The highest BCUT2D eigenvalue weighted by atomic mass is 16.5.